The van der Waals surface area contributed by atoms with Gasteiger partial charge in [-0.3, -0.25) is 24.6 Å². The van der Waals surface area contributed by atoms with E-state index in [9.17, 15) is 38.0 Å². The number of nitro groups is 1. The first-order chi connectivity index (χ1) is 23.2. The molecule has 1 atom stereocenters. The van der Waals surface area contributed by atoms with Gasteiger partial charge in [0.1, 0.15) is 11.9 Å². The van der Waals surface area contributed by atoms with Crippen LogP contribution in [0.15, 0.2) is 79.0 Å². The van der Waals surface area contributed by atoms with Gasteiger partial charge in [0, 0.05) is 68.3 Å². The number of rotatable bonds is 12. The lowest BCUT2D eigenvalue weighted by atomic mass is 9.91. The number of aromatic nitrogens is 1. The fraction of sp³-hybridized carbons (Fsp3) is 0.371. The number of piperidine rings is 1. The van der Waals surface area contributed by atoms with Crippen LogP contribution in [0.2, 0.25) is 0 Å². The average Bonchev–Trinajstić information content (AvgIpc) is 3.43. The highest BCUT2D eigenvalue weighted by Gasteiger charge is 2.57. The second-order valence-electron chi connectivity index (χ2n) is 11.9. The van der Waals surface area contributed by atoms with Crippen molar-refractivity contribution in [1.29, 1.82) is 0 Å². The molecule has 3 N–H and O–H groups in total. The van der Waals surface area contributed by atoms with Crippen LogP contribution in [-0.4, -0.2) is 73.6 Å². The smallest absolute Gasteiger partial charge is 0.422 e. The molecule has 5 rings (SSSR count). The number of halogens is 3. The Kier molecular flexibility index (Phi) is 12.0. The van der Waals surface area contributed by atoms with Crippen LogP contribution in [0.1, 0.15) is 49.3 Å². The number of nitro benzene ring substituents is 1. The summed E-state index contributed by atoms with van der Waals surface area (Å²) < 4.78 is 51.8. The number of aliphatic hydroxyl groups is 1. The van der Waals surface area contributed by atoms with Crippen LogP contribution in [0.25, 0.3) is 10.9 Å². The van der Waals surface area contributed by atoms with Crippen molar-refractivity contribution in [3.05, 3.63) is 106 Å². The molecule has 3 aromatic carbocycles. The zero-order valence-corrected chi connectivity index (χ0v) is 26.8. The molecule has 0 amide bonds. The Morgan fingerprint density at radius 1 is 0.959 bits per heavy atom. The number of hydrogen-bond donors (Lipinski definition) is 3. The fourth-order valence-corrected chi connectivity index (χ4v) is 5.65. The van der Waals surface area contributed by atoms with Crippen LogP contribution in [0.5, 0.6) is 5.75 Å². The van der Waals surface area contributed by atoms with Crippen molar-refractivity contribution in [3.8, 4) is 5.75 Å². The summed E-state index contributed by atoms with van der Waals surface area (Å²) in [7, 11) is 0. The third-order valence-electron chi connectivity index (χ3n) is 8.33. The van der Waals surface area contributed by atoms with Crippen molar-refractivity contribution >= 4 is 28.5 Å². The molecule has 0 radical (unpaired) electrons. The molecule has 11 nitrogen and oxygen atoms in total. The van der Waals surface area contributed by atoms with Gasteiger partial charge in [0.25, 0.3) is 5.69 Å². The second-order valence-corrected chi connectivity index (χ2v) is 11.9. The van der Waals surface area contributed by atoms with Gasteiger partial charge in [-0.2, -0.15) is 13.2 Å². The van der Waals surface area contributed by atoms with Crippen molar-refractivity contribution in [2.45, 2.75) is 63.5 Å². The summed E-state index contributed by atoms with van der Waals surface area (Å²) in [6.07, 6.45) is -2.48. The lowest BCUT2D eigenvalue weighted by Gasteiger charge is -2.39. The maximum absolute atomic E-state index is 14.8. The van der Waals surface area contributed by atoms with Crippen LogP contribution in [0, 0.1) is 10.1 Å². The first-order valence-electron chi connectivity index (χ1n) is 15.7. The summed E-state index contributed by atoms with van der Waals surface area (Å²) >= 11 is 0. The summed E-state index contributed by atoms with van der Waals surface area (Å²) in [4.78, 5) is 32.6. The molecule has 1 aliphatic rings. The normalized spacial score (nSPS) is 15.2. The minimum Gasteiger partial charge on any atom is -0.490 e. The standard InChI is InChI=1S/C32H32F3N3O6.C3H6O2/c33-32(34,35)31(41,21-36-16-14-26(15-17-36)44-25-10-6-22(7-11-25)8-13-30(39)40)28-20-37(19-23-4-2-1-3-5-23)29-18-24(38(42)43)9-12-27(28)29;1-2-3(4)5/h1-7,9-12,18,20,26,41H,8,13-17,19,21H2,(H,39,40);2H2,1H3,(H,4,5). The number of ether oxygens (including phenoxy) is 1. The lowest BCUT2D eigenvalue weighted by molar-refractivity contribution is -0.384. The number of fused-ring (bicyclic) bond motifs is 1. The predicted molar refractivity (Wildman–Crippen MR) is 175 cm³/mol. The van der Waals surface area contributed by atoms with E-state index < -0.39 is 35.2 Å². The summed E-state index contributed by atoms with van der Waals surface area (Å²) in [5.41, 5.74) is -1.98. The number of non-ortho nitro benzene ring substituents is 1. The molecule has 1 saturated heterocycles. The van der Waals surface area contributed by atoms with Crippen LogP contribution in [-0.2, 0) is 28.2 Å². The number of benzene rings is 3. The average molecular weight is 686 g/mol. The molecular formula is C35H38F3N3O8. The predicted octanol–water partition coefficient (Wildman–Crippen LogP) is 6.39. The van der Waals surface area contributed by atoms with Gasteiger partial charge in [-0.05, 0) is 48.6 Å². The third kappa shape index (κ3) is 9.57. The van der Waals surface area contributed by atoms with Gasteiger partial charge in [-0.25, -0.2) is 0 Å². The van der Waals surface area contributed by atoms with Crippen LogP contribution in [0.3, 0.4) is 0 Å². The number of carbonyl (C=O) groups is 2. The van der Waals surface area contributed by atoms with E-state index in [2.05, 4.69) is 0 Å². The second kappa shape index (κ2) is 16.0. The fourth-order valence-electron chi connectivity index (χ4n) is 5.65. The molecule has 14 heteroatoms. The quantitative estimate of drug-likeness (QED) is 0.114. The zero-order valence-electron chi connectivity index (χ0n) is 26.8. The highest BCUT2D eigenvalue weighted by Crippen LogP contribution is 2.44. The van der Waals surface area contributed by atoms with Gasteiger partial charge in [-0.1, -0.05) is 49.4 Å². The number of alkyl halides is 3. The number of nitrogens with zero attached hydrogens (tertiary/aromatic N) is 3. The van der Waals surface area contributed by atoms with Crippen molar-refractivity contribution in [2.75, 3.05) is 19.6 Å². The van der Waals surface area contributed by atoms with Crippen molar-refractivity contribution < 1.29 is 47.7 Å². The van der Waals surface area contributed by atoms with Crippen LogP contribution in [0.4, 0.5) is 18.9 Å². The monoisotopic (exact) mass is 685 g/mol. The van der Waals surface area contributed by atoms with E-state index in [-0.39, 0.29) is 60.7 Å². The number of carboxylic acid groups (broad SMARTS) is 2. The van der Waals surface area contributed by atoms with Gasteiger partial charge in [0.2, 0.25) is 5.60 Å². The van der Waals surface area contributed by atoms with E-state index in [0.717, 1.165) is 17.2 Å². The van der Waals surface area contributed by atoms with E-state index in [0.29, 0.717) is 25.0 Å². The number of aliphatic carboxylic acids is 2. The lowest BCUT2D eigenvalue weighted by Crippen LogP contribution is -2.53. The summed E-state index contributed by atoms with van der Waals surface area (Å²) in [5.74, 6) is -1.03. The van der Waals surface area contributed by atoms with E-state index in [1.807, 2.05) is 6.07 Å². The number of aryl methyl sites for hydroxylation is 1. The Morgan fingerprint density at radius 3 is 2.14 bits per heavy atom. The van der Waals surface area contributed by atoms with Crippen molar-refractivity contribution in [3.63, 3.8) is 0 Å². The number of hydrogen-bond acceptors (Lipinski definition) is 7. The SMILES string of the molecule is CCC(=O)O.O=C(O)CCc1ccc(OC2CCN(CC(O)(c3cn(Cc4ccccc4)c4cc([N+](=O)[O-])ccc34)C(F)(F)F)CC2)cc1. The van der Waals surface area contributed by atoms with E-state index in [1.54, 1.807) is 60.4 Å². The van der Waals surface area contributed by atoms with Crippen molar-refractivity contribution in [2.24, 2.45) is 0 Å². The molecule has 262 valence electrons. The molecule has 0 bridgehead atoms. The molecule has 49 heavy (non-hydrogen) atoms. The molecule has 0 spiro atoms. The molecule has 4 aromatic rings. The Morgan fingerprint density at radius 2 is 1.59 bits per heavy atom. The molecule has 1 unspecified atom stereocenters. The summed E-state index contributed by atoms with van der Waals surface area (Å²) in [5, 5.41) is 39.6. The molecule has 2 heterocycles. The Bertz CT molecular complexity index is 1740. The van der Waals surface area contributed by atoms with E-state index in [1.165, 1.54) is 22.9 Å². The Hall–Kier alpha value is -4.95. The molecule has 1 fully saturated rings. The van der Waals surface area contributed by atoms with Crippen molar-refractivity contribution in [1.82, 2.24) is 9.47 Å². The summed E-state index contributed by atoms with van der Waals surface area (Å²) in [6.45, 7) is 1.57. The molecule has 1 aliphatic heterocycles. The van der Waals surface area contributed by atoms with Gasteiger partial charge < -0.3 is 24.6 Å². The number of carboxylic acids is 2. The molecule has 1 aromatic heterocycles. The first-order valence-corrected chi connectivity index (χ1v) is 15.7. The maximum Gasteiger partial charge on any atom is 0.422 e. The molecular weight excluding hydrogens is 647 g/mol. The largest absolute Gasteiger partial charge is 0.490 e. The summed E-state index contributed by atoms with van der Waals surface area (Å²) in [6, 6.07) is 19.7. The van der Waals surface area contributed by atoms with E-state index in [4.69, 9.17) is 14.9 Å². The molecule has 0 aliphatic carbocycles. The topological polar surface area (TPSA) is 155 Å². The Labute approximate surface area is 280 Å². The minimum atomic E-state index is -5.03. The maximum atomic E-state index is 14.8. The third-order valence-corrected chi connectivity index (χ3v) is 8.33. The number of likely N-dealkylation sites (tertiary alicyclic amines) is 1. The van der Waals surface area contributed by atoms with Crippen LogP contribution < -0.4 is 4.74 Å². The first kappa shape index (κ1) is 36.9. The zero-order chi connectivity index (χ0) is 35.8. The van der Waals surface area contributed by atoms with Crippen LogP contribution >= 0.6 is 0 Å². The van der Waals surface area contributed by atoms with Gasteiger partial charge >= 0.3 is 18.1 Å². The number of β-amino-alcohol motifs (C(OH)–C–C–N with tert-alkyl or cyclic N) is 1. The highest BCUT2D eigenvalue weighted by molar-refractivity contribution is 5.87. The van der Waals surface area contributed by atoms with Gasteiger partial charge in [0.15, 0.2) is 0 Å². The molecule has 0 saturated carbocycles. The minimum absolute atomic E-state index is 0.0242. The van der Waals surface area contributed by atoms with Gasteiger partial charge in [-0.15, -0.1) is 0 Å². The highest BCUT2D eigenvalue weighted by atomic mass is 19.4. The Balaban J connectivity index is 0.00000101. The van der Waals surface area contributed by atoms with Gasteiger partial charge in [0.05, 0.1) is 10.4 Å². The van der Waals surface area contributed by atoms with E-state index >= 15 is 0 Å².